The molecule has 122 heavy (non-hydrogen) atoms. The molecule has 0 spiro atoms. The van der Waals surface area contributed by atoms with Gasteiger partial charge in [-0.05, 0) is 194 Å². The molecule has 678 valence electrons. The van der Waals surface area contributed by atoms with Crippen LogP contribution in [0.2, 0.25) is 39.7 Å². The quantitative estimate of drug-likeness (QED) is 0.0103. The summed E-state index contributed by atoms with van der Waals surface area (Å²) >= 11 is 35.5. The van der Waals surface area contributed by atoms with Crippen LogP contribution in [-0.2, 0) is 41.7 Å². The van der Waals surface area contributed by atoms with E-state index in [4.69, 9.17) is 113 Å². The van der Waals surface area contributed by atoms with Crippen LogP contribution in [0, 0.1) is 46.5 Å². The SMILES string of the molecule is C.C.C.CCOc1ccc(C(=O)c2cc(Br)c(C)c(OC)c2Cl)cc1.CCOc1ccc(Cc2cc(Br)c(C)c(OC)c2Cl)cc1.CCOc1ccc(Cc2cc([C@@H]3O[C@H](CO)[C@@H](O)[C@H](O)[C@H]3O)c(C)c(OC)c2Cl)cc1.CC[C@H]1OC(=O)[C@H](C)[C@@H](O[Si](C)(C)C)[C@@H]1C.CO.COc1c(C)c(Br)cc(C(=O)O)c1Cl.CS(=O)(=O)O.C[O-].[CH2-]CCC.[Li+].[Na+]. The molecule has 0 amide bonds. The molecule has 34 heteroatoms. The topological polar surface area (TPSA) is 342 Å². The van der Waals surface area contributed by atoms with Crippen LogP contribution in [0.5, 0.6) is 40.2 Å². The van der Waals surface area contributed by atoms with Crippen molar-refractivity contribution in [2.24, 2.45) is 11.8 Å². The van der Waals surface area contributed by atoms with E-state index < -0.39 is 61.5 Å². The van der Waals surface area contributed by atoms with E-state index in [1.165, 1.54) is 39.4 Å². The van der Waals surface area contributed by atoms with Crippen LogP contribution in [0.25, 0.3) is 0 Å². The Balaban J connectivity index is -0.000000455. The van der Waals surface area contributed by atoms with E-state index >= 15 is 0 Å². The van der Waals surface area contributed by atoms with E-state index in [2.05, 4.69) is 113 Å². The number of hydrogen-bond acceptors (Lipinski definition) is 21. The second-order valence-electron chi connectivity index (χ2n) is 27.0. The van der Waals surface area contributed by atoms with Crippen molar-refractivity contribution in [3.8, 4) is 40.2 Å². The Hall–Kier alpha value is -4.25. The van der Waals surface area contributed by atoms with Crippen LogP contribution in [0.15, 0.2) is 110 Å². The number of halogens is 7. The number of hydrogen-bond donors (Lipinski definition) is 7. The summed E-state index contributed by atoms with van der Waals surface area (Å²) in [5, 5.41) is 66.1. The van der Waals surface area contributed by atoms with Gasteiger partial charge in [0.05, 0.1) is 98.8 Å². The molecule has 0 aliphatic carbocycles. The maximum absolute atomic E-state index is 12.7. The van der Waals surface area contributed by atoms with Gasteiger partial charge in [-0.25, -0.2) is 4.79 Å². The summed E-state index contributed by atoms with van der Waals surface area (Å²) in [7, 11) is 2.61. The first-order valence-electron chi connectivity index (χ1n) is 37.2. The second kappa shape index (κ2) is 63.7. The number of carboxylic acids is 1. The normalized spacial score (nSPS) is 17.0. The Morgan fingerprint density at radius 3 is 1.27 bits per heavy atom. The maximum atomic E-state index is 12.7. The van der Waals surface area contributed by atoms with E-state index in [1.54, 1.807) is 51.3 Å². The zero-order valence-electron chi connectivity index (χ0n) is 72.2. The number of carbonyl (C=O) groups is 3. The van der Waals surface area contributed by atoms with Gasteiger partial charge in [0.2, 0.25) is 0 Å². The summed E-state index contributed by atoms with van der Waals surface area (Å²) in [5.41, 5.74) is 8.80. The first kappa shape index (κ1) is 126. The summed E-state index contributed by atoms with van der Waals surface area (Å²) in [5.74, 6) is 3.28. The third kappa shape index (κ3) is 39.4. The summed E-state index contributed by atoms with van der Waals surface area (Å²) < 4.78 is 83.2. The number of benzene rings is 7. The van der Waals surface area contributed by atoms with Crippen LogP contribution < -0.4 is 86.7 Å². The Kier molecular flexibility index (Phi) is 65.9. The number of carboxylic acid groups (broad SMARTS) is 1. The summed E-state index contributed by atoms with van der Waals surface area (Å²) in [6.07, 6.45) is -1.10. The monoisotopic (exact) mass is 2020 g/mol. The number of methoxy groups -OCH3 is 4. The van der Waals surface area contributed by atoms with Crippen molar-refractivity contribution in [2.75, 3.05) is 75.3 Å². The predicted molar refractivity (Wildman–Crippen MR) is 494 cm³/mol. The molecule has 7 N–H and O–H groups in total. The third-order valence-electron chi connectivity index (χ3n) is 17.5. The van der Waals surface area contributed by atoms with Gasteiger partial charge in [-0.1, -0.05) is 174 Å². The molecule has 7 aromatic carbocycles. The zero-order valence-corrected chi connectivity index (χ0v) is 83.8. The Labute approximate surface area is 805 Å². The van der Waals surface area contributed by atoms with E-state index in [1.807, 2.05) is 84.0 Å². The van der Waals surface area contributed by atoms with Gasteiger partial charge >= 0.3 is 60.4 Å². The Morgan fingerprint density at radius 2 is 0.926 bits per heavy atom. The number of unbranched alkanes of at least 4 members (excludes halogenated alkanes) is 1. The molecule has 0 saturated carbocycles. The molecule has 7 aromatic rings. The zero-order chi connectivity index (χ0) is 89.7. The minimum atomic E-state index is -3.67. The molecule has 0 bridgehead atoms. The number of aliphatic hydroxyl groups is 5. The van der Waals surface area contributed by atoms with Gasteiger partial charge in [0, 0.05) is 54.3 Å². The molecule has 2 aliphatic heterocycles. The van der Waals surface area contributed by atoms with E-state index in [0.29, 0.717) is 97.5 Å². The number of aromatic carboxylic acids is 1. The number of ether oxygens (including phenoxy) is 9. The molecule has 9 rings (SSSR count). The van der Waals surface area contributed by atoms with E-state index in [-0.39, 0.29) is 111 Å². The molecule has 2 heterocycles. The number of aliphatic hydroxyl groups excluding tert-OH is 5. The second-order valence-corrected chi connectivity index (χ2v) is 37.0. The first-order valence-corrected chi connectivity index (χ1v) is 46.3. The molecule has 0 aromatic heterocycles. The molecule has 9 atom stereocenters. The molecule has 23 nitrogen and oxygen atoms in total. The average Bonchev–Trinajstić information content (AvgIpc) is 0.769. The average molecular weight is 2020 g/mol. The number of rotatable bonds is 23. The summed E-state index contributed by atoms with van der Waals surface area (Å²) in [6.45, 7) is 32.9. The largest absolute Gasteiger partial charge is 1.00 e. The molecule has 0 unspecified atom stereocenters. The first-order chi connectivity index (χ1) is 55.0. The van der Waals surface area contributed by atoms with Crippen LogP contribution in [0.4, 0.5) is 0 Å². The fourth-order valence-corrected chi connectivity index (χ4v) is 15.5. The summed E-state index contributed by atoms with van der Waals surface area (Å²) in [4.78, 5) is 35.2. The Bertz CT molecular complexity index is 4340. The van der Waals surface area contributed by atoms with E-state index in [0.717, 1.165) is 98.8 Å². The van der Waals surface area contributed by atoms with Gasteiger partial charge in [0.25, 0.3) is 10.1 Å². The minimum absolute atomic E-state index is 0. The predicted octanol–water partition coefficient (Wildman–Crippen LogP) is 14.2. The van der Waals surface area contributed by atoms with Gasteiger partial charge in [-0.15, -0.1) is 0 Å². The molecule has 2 aliphatic rings. The summed E-state index contributed by atoms with van der Waals surface area (Å²) in [6, 6.07) is 29.8. The number of carbonyl (C=O) groups excluding carboxylic acids is 2. The third-order valence-corrected chi connectivity index (χ3v) is 22.6. The van der Waals surface area contributed by atoms with Gasteiger partial charge in [-0.3, -0.25) is 14.1 Å². The van der Waals surface area contributed by atoms with Crippen LogP contribution in [0.3, 0.4) is 0 Å². The van der Waals surface area contributed by atoms with Crippen LogP contribution in [-0.4, -0.2) is 182 Å². The van der Waals surface area contributed by atoms with Crippen molar-refractivity contribution in [3.63, 3.8) is 0 Å². The molecular formula is C88H127Br3Cl4LiNaO23SSi. The number of ketones is 1. The number of esters is 1. The molecular weight excluding hydrogens is 1900 g/mol. The van der Waals surface area contributed by atoms with Gasteiger partial charge in [-0.2, -0.15) is 21.9 Å². The van der Waals surface area contributed by atoms with Crippen molar-refractivity contribution in [1.29, 1.82) is 0 Å². The van der Waals surface area contributed by atoms with Crippen molar-refractivity contribution in [1.82, 2.24) is 0 Å². The van der Waals surface area contributed by atoms with Gasteiger partial charge < -0.3 is 89.7 Å². The smallest absolute Gasteiger partial charge is 0.857 e. The van der Waals surface area contributed by atoms with Gasteiger partial charge in [0.1, 0.15) is 76.9 Å². The van der Waals surface area contributed by atoms with E-state index in [9.17, 15) is 43.2 Å². The maximum Gasteiger partial charge on any atom is 1.00 e. The van der Waals surface area contributed by atoms with Crippen LogP contribution in [0.1, 0.15) is 172 Å². The van der Waals surface area contributed by atoms with Crippen molar-refractivity contribution >= 4 is 130 Å². The molecule has 0 radical (unpaired) electrons. The van der Waals surface area contributed by atoms with Gasteiger partial charge in [0.15, 0.2) is 14.1 Å². The van der Waals surface area contributed by atoms with Crippen molar-refractivity contribution in [3.05, 3.63) is 204 Å². The standard InChI is InChI=1S/C23H29ClO7.C17H16BrClO3.C17H18BrClO2.C12H24O3Si.C9H8BrClO3.C4H9.CH4O3S.CH4O.CH3O.3CH4.Li.Na/c1-4-30-15-7-5-13(6-8-15)9-14-10-16(12(2)22(29-3)18(14)24)23-21(28)20(27)19(26)17(11-25)31-23;1-4-22-12-7-5-11(6-8-12)16(20)13-9-14(18)10(2)17(21-3)15(13)19;1-4-21-14-7-5-12(6-8-14)9-13-10-15(18)11(2)17(20-3)16(13)19;1-7-10-8(2)11(15-16(4,5)6)9(3)12(13)14-10;1-4-6(10)3-5(9(12)13)7(11)8(4)14-2;1-3-4-2;1-5(2,3)4;2*1-2;;;;;/h5-8,10,17,19-21,23,25-28H,4,9,11H2,1-3H3;5-9H,4H2,1-3H3;5-8,10H,4,9H2,1-3H3;8-11H,7H2,1-6H3;3H,1-2H3,(H,12,13);1,3-4H2,2H3;1H3,(H,2,3,4);2H,1H3;1H3;3*1H4;;/q;;;;;-1;;;-1;;;;2*+1/t17-,19-,20+,21-,23+;;;8-,9-,10-,11+;;;;;;;;;;/m1..1........../s1. The van der Waals surface area contributed by atoms with Crippen LogP contribution >= 0.6 is 94.2 Å². The molecule has 2 fully saturated rings. The molecule has 2 saturated heterocycles. The Morgan fingerprint density at radius 1 is 0.582 bits per heavy atom. The van der Waals surface area contributed by atoms with Crippen molar-refractivity contribution in [2.45, 2.75) is 193 Å². The number of cyclic esters (lactones) is 1. The fraction of sp³-hybridized carbons (Fsp3) is 0.477. The van der Waals surface area contributed by atoms with Crippen molar-refractivity contribution < 1.29 is 159 Å². The fourth-order valence-electron chi connectivity index (χ4n) is 11.6. The minimum Gasteiger partial charge on any atom is -0.857 e.